The maximum Gasteiger partial charge on any atom is 0.303 e. The molecule has 1 saturated heterocycles. The van der Waals surface area contributed by atoms with Crippen molar-refractivity contribution < 1.29 is 27.9 Å². The third-order valence-corrected chi connectivity index (χ3v) is 5.05. The first-order valence-corrected chi connectivity index (χ1v) is 9.07. The minimum absolute atomic E-state index is 0.0383. The maximum absolute atomic E-state index is 12.3. The van der Waals surface area contributed by atoms with Crippen LogP contribution in [-0.2, 0) is 19.6 Å². The van der Waals surface area contributed by atoms with E-state index in [9.17, 15) is 18.0 Å². The third kappa shape index (κ3) is 5.02. The number of nitrogens with one attached hydrogen (secondary N) is 1. The summed E-state index contributed by atoms with van der Waals surface area (Å²) in [5.74, 6) is -1.13. The predicted molar refractivity (Wildman–Crippen MR) is 85.2 cm³/mol. The molecule has 0 radical (unpaired) electrons. The second-order valence-electron chi connectivity index (χ2n) is 5.32. The molecule has 132 valence electrons. The number of sulfonamides is 1. The van der Waals surface area contributed by atoms with Crippen LogP contribution in [0.15, 0.2) is 29.2 Å². The Hall–Kier alpha value is -1.97. The molecule has 1 amide bonds. The molecule has 8 nitrogen and oxygen atoms in total. The quantitative estimate of drug-likeness (QED) is 0.680. The maximum atomic E-state index is 12.3. The number of amides is 1. The van der Waals surface area contributed by atoms with E-state index in [0.717, 1.165) is 0 Å². The highest BCUT2D eigenvalue weighted by Gasteiger charge is 2.20. The zero-order valence-electron chi connectivity index (χ0n) is 13.1. The van der Waals surface area contributed by atoms with E-state index in [1.54, 1.807) is 4.90 Å². The zero-order chi connectivity index (χ0) is 17.6. The lowest BCUT2D eigenvalue weighted by Gasteiger charge is -2.26. The van der Waals surface area contributed by atoms with E-state index >= 15 is 0 Å². The molecule has 2 N–H and O–H groups in total. The molecule has 1 heterocycles. The Balaban J connectivity index is 1.97. The Labute approximate surface area is 140 Å². The monoisotopic (exact) mass is 356 g/mol. The molecule has 0 atom stereocenters. The number of carbonyl (C=O) groups is 2. The standard InChI is InChI=1S/C15H20N2O6S/c18-14(19)2-1-7-16-24(21,22)13-5-3-12(4-6-13)15(20)17-8-10-23-11-9-17/h3-6,16H,1-2,7-11H2,(H,18,19). The van der Waals surface area contributed by atoms with Gasteiger partial charge in [-0.2, -0.15) is 0 Å². The van der Waals surface area contributed by atoms with E-state index in [4.69, 9.17) is 9.84 Å². The summed E-state index contributed by atoms with van der Waals surface area (Å²) in [6, 6.07) is 5.69. The van der Waals surface area contributed by atoms with E-state index in [1.807, 2.05) is 0 Å². The topological polar surface area (TPSA) is 113 Å². The van der Waals surface area contributed by atoms with Crippen LogP contribution in [0.25, 0.3) is 0 Å². The van der Waals surface area contributed by atoms with E-state index < -0.39 is 16.0 Å². The molecular formula is C15H20N2O6S. The minimum atomic E-state index is -3.71. The van der Waals surface area contributed by atoms with Gasteiger partial charge in [-0.15, -0.1) is 0 Å². The largest absolute Gasteiger partial charge is 0.481 e. The van der Waals surface area contributed by atoms with Gasteiger partial charge < -0.3 is 14.7 Å². The average molecular weight is 356 g/mol. The van der Waals surface area contributed by atoms with E-state index in [-0.39, 0.29) is 30.2 Å². The van der Waals surface area contributed by atoms with E-state index in [2.05, 4.69) is 4.72 Å². The molecule has 1 aromatic carbocycles. The smallest absolute Gasteiger partial charge is 0.303 e. The normalized spacial score (nSPS) is 15.2. The lowest BCUT2D eigenvalue weighted by atomic mass is 10.2. The van der Waals surface area contributed by atoms with Crippen molar-refractivity contribution in [1.29, 1.82) is 0 Å². The van der Waals surface area contributed by atoms with Crippen LogP contribution in [0.4, 0.5) is 0 Å². The Morgan fingerprint density at radius 2 is 1.79 bits per heavy atom. The molecule has 0 saturated carbocycles. The molecule has 9 heteroatoms. The SMILES string of the molecule is O=C(O)CCCNS(=O)(=O)c1ccc(C(=O)N2CCOCC2)cc1. The summed E-state index contributed by atoms with van der Waals surface area (Å²) in [6.07, 6.45) is 0.109. The van der Waals surface area contributed by atoms with Gasteiger partial charge in [0.2, 0.25) is 10.0 Å². The summed E-state index contributed by atoms with van der Waals surface area (Å²) in [4.78, 5) is 24.4. The first-order chi connectivity index (χ1) is 11.4. The molecule has 2 rings (SSSR count). The van der Waals surface area contributed by atoms with Crippen LogP contribution in [0.5, 0.6) is 0 Å². The fraction of sp³-hybridized carbons (Fsp3) is 0.467. The van der Waals surface area contributed by atoms with Gasteiger partial charge >= 0.3 is 5.97 Å². The van der Waals surface area contributed by atoms with Gasteiger partial charge in [-0.3, -0.25) is 9.59 Å². The van der Waals surface area contributed by atoms with Crippen molar-refractivity contribution in [1.82, 2.24) is 9.62 Å². The average Bonchev–Trinajstić information content (AvgIpc) is 2.59. The van der Waals surface area contributed by atoms with E-state index in [0.29, 0.717) is 31.9 Å². The number of benzene rings is 1. The van der Waals surface area contributed by atoms with Gasteiger partial charge in [0.05, 0.1) is 18.1 Å². The number of ether oxygens (including phenoxy) is 1. The lowest BCUT2D eigenvalue weighted by Crippen LogP contribution is -2.40. The molecule has 0 bridgehead atoms. The molecule has 0 aliphatic carbocycles. The number of aliphatic carboxylic acids is 1. The fourth-order valence-electron chi connectivity index (χ4n) is 2.26. The summed E-state index contributed by atoms with van der Waals surface area (Å²) in [7, 11) is -3.71. The predicted octanol–water partition coefficient (Wildman–Crippen LogP) is 0.302. The number of carboxylic acids is 1. The van der Waals surface area contributed by atoms with Crippen molar-refractivity contribution in [2.45, 2.75) is 17.7 Å². The number of carbonyl (C=O) groups excluding carboxylic acids is 1. The van der Waals surface area contributed by atoms with Gasteiger partial charge in [0.15, 0.2) is 0 Å². The molecule has 1 fully saturated rings. The summed E-state index contributed by atoms with van der Waals surface area (Å²) < 4.78 is 31.7. The molecule has 1 aliphatic heterocycles. The van der Waals surface area contributed by atoms with Gasteiger partial charge in [0, 0.05) is 31.6 Å². The third-order valence-electron chi connectivity index (χ3n) is 3.57. The number of rotatable bonds is 7. The first-order valence-electron chi connectivity index (χ1n) is 7.59. The number of carboxylic acid groups (broad SMARTS) is 1. The van der Waals surface area contributed by atoms with Crippen LogP contribution < -0.4 is 4.72 Å². The fourth-order valence-corrected chi connectivity index (χ4v) is 3.33. The van der Waals surface area contributed by atoms with E-state index in [1.165, 1.54) is 24.3 Å². The van der Waals surface area contributed by atoms with Gasteiger partial charge in [0.25, 0.3) is 5.91 Å². The van der Waals surface area contributed by atoms with Gasteiger partial charge in [-0.05, 0) is 30.7 Å². The first kappa shape index (κ1) is 18.4. The zero-order valence-corrected chi connectivity index (χ0v) is 13.9. The second kappa shape index (κ2) is 8.22. The molecular weight excluding hydrogens is 336 g/mol. The van der Waals surface area contributed by atoms with Crippen molar-refractivity contribution in [2.24, 2.45) is 0 Å². The van der Waals surface area contributed by atoms with Gasteiger partial charge in [0.1, 0.15) is 0 Å². The summed E-state index contributed by atoms with van der Waals surface area (Å²) in [5, 5.41) is 8.53. The Kier molecular flexibility index (Phi) is 6.29. The summed E-state index contributed by atoms with van der Waals surface area (Å²) in [6.45, 7) is 2.08. The van der Waals surface area contributed by atoms with Crippen LogP contribution in [0, 0.1) is 0 Å². The Morgan fingerprint density at radius 3 is 2.38 bits per heavy atom. The number of nitrogens with zero attached hydrogens (tertiary/aromatic N) is 1. The van der Waals surface area contributed by atoms with Crippen LogP contribution in [0.3, 0.4) is 0 Å². The van der Waals surface area contributed by atoms with Crippen molar-refractivity contribution in [3.8, 4) is 0 Å². The Bertz CT molecular complexity index is 680. The summed E-state index contributed by atoms with van der Waals surface area (Å²) in [5.41, 5.74) is 0.418. The van der Waals surface area contributed by atoms with Crippen LogP contribution in [-0.4, -0.2) is 63.1 Å². The molecule has 0 spiro atoms. The molecule has 24 heavy (non-hydrogen) atoms. The molecule has 1 aliphatic rings. The highest BCUT2D eigenvalue weighted by molar-refractivity contribution is 7.89. The number of morpholine rings is 1. The van der Waals surface area contributed by atoms with Crippen LogP contribution in [0.1, 0.15) is 23.2 Å². The highest BCUT2D eigenvalue weighted by Crippen LogP contribution is 2.13. The summed E-state index contributed by atoms with van der Waals surface area (Å²) >= 11 is 0. The Morgan fingerprint density at radius 1 is 1.17 bits per heavy atom. The van der Waals surface area contributed by atoms with Gasteiger partial charge in [-0.25, -0.2) is 13.1 Å². The van der Waals surface area contributed by atoms with Crippen molar-refractivity contribution in [3.63, 3.8) is 0 Å². The number of hydrogen-bond donors (Lipinski definition) is 2. The van der Waals surface area contributed by atoms with Crippen molar-refractivity contribution >= 4 is 21.9 Å². The van der Waals surface area contributed by atoms with Crippen LogP contribution >= 0.6 is 0 Å². The molecule has 0 aromatic heterocycles. The number of hydrogen-bond acceptors (Lipinski definition) is 5. The molecule has 1 aromatic rings. The van der Waals surface area contributed by atoms with Crippen molar-refractivity contribution in [3.05, 3.63) is 29.8 Å². The van der Waals surface area contributed by atoms with Gasteiger partial charge in [-0.1, -0.05) is 0 Å². The molecule has 0 unspecified atom stereocenters. The highest BCUT2D eigenvalue weighted by atomic mass is 32.2. The lowest BCUT2D eigenvalue weighted by molar-refractivity contribution is -0.137. The van der Waals surface area contributed by atoms with Crippen molar-refractivity contribution in [2.75, 3.05) is 32.8 Å². The van der Waals surface area contributed by atoms with Crippen LogP contribution in [0.2, 0.25) is 0 Å². The minimum Gasteiger partial charge on any atom is -0.481 e. The second-order valence-corrected chi connectivity index (χ2v) is 7.09.